The lowest BCUT2D eigenvalue weighted by molar-refractivity contribution is 0.00991. The van der Waals surface area contributed by atoms with Crippen LogP contribution < -0.4 is 0 Å². The Labute approximate surface area is 82.9 Å². The third-order valence-electron chi connectivity index (χ3n) is 2.96. The standard InChI is InChI=1S/C12H24O/c1-6-7-8-9-12(5,13)11(4)10(2)3/h11,13H,2,6-9H2,1,3-5H3/t11-,12+/m1/s1. The molecule has 0 heterocycles. The molecule has 0 aliphatic heterocycles. The summed E-state index contributed by atoms with van der Waals surface area (Å²) >= 11 is 0. The Bertz CT molecular complexity index is 159. The Morgan fingerprint density at radius 1 is 1.46 bits per heavy atom. The van der Waals surface area contributed by atoms with E-state index in [0.717, 1.165) is 18.4 Å². The average molecular weight is 184 g/mol. The largest absolute Gasteiger partial charge is 0.390 e. The molecule has 0 fully saturated rings. The van der Waals surface area contributed by atoms with E-state index in [-0.39, 0.29) is 5.92 Å². The maximum atomic E-state index is 10.1. The van der Waals surface area contributed by atoms with Crippen LogP contribution in [0.15, 0.2) is 12.2 Å². The van der Waals surface area contributed by atoms with Gasteiger partial charge in [0.15, 0.2) is 0 Å². The van der Waals surface area contributed by atoms with E-state index in [0.29, 0.717) is 0 Å². The third kappa shape index (κ3) is 4.47. The van der Waals surface area contributed by atoms with E-state index in [2.05, 4.69) is 13.5 Å². The zero-order valence-electron chi connectivity index (χ0n) is 9.56. The van der Waals surface area contributed by atoms with Crippen LogP contribution in [-0.2, 0) is 0 Å². The van der Waals surface area contributed by atoms with Crippen LogP contribution in [0.25, 0.3) is 0 Å². The van der Waals surface area contributed by atoms with Crippen molar-refractivity contribution in [2.45, 2.75) is 59.0 Å². The van der Waals surface area contributed by atoms with Crippen LogP contribution in [0, 0.1) is 5.92 Å². The molecule has 0 aliphatic carbocycles. The van der Waals surface area contributed by atoms with Crippen LogP contribution in [0.3, 0.4) is 0 Å². The summed E-state index contributed by atoms with van der Waals surface area (Å²) < 4.78 is 0. The normalized spacial score (nSPS) is 17.9. The maximum Gasteiger partial charge on any atom is 0.0681 e. The minimum absolute atomic E-state index is 0.198. The van der Waals surface area contributed by atoms with E-state index in [1.54, 1.807) is 0 Å². The molecule has 0 saturated carbocycles. The second-order valence-corrected chi connectivity index (χ2v) is 4.38. The van der Waals surface area contributed by atoms with E-state index in [1.807, 2.05) is 20.8 Å². The van der Waals surface area contributed by atoms with E-state index >= 15 is 0 Å². The number of hydrogen-bond donors (Lipinski definition) is 1. The number of rotatable bonds is 6. The summed E-state index contributed by atoms with van der Waals surface area (Å²) in [7, 11) is 0. The van der Waals surface area contributed by atoms with Crippen LogP contribution in [-0.4, -0.2) is 10.7 Å². The van der Waals surface area contributed by atoms with Crippen LogP contribution in [0.4, 0.5) is 0 Å². The van der Waals surface area contributed by atoms with Crippen molar-refractivity contribution in [2.24, 2.45) is 5.92 Å². The van der Waals surface area contributed by atoms with E-state index in [9.17, 15) is 5.11 Å². The summed E-state index contributed by atoms with van der Waals surface area (Å²) in [6, 6.07) is 0. The molecule has 0 unspecified atom stereocenters. The van der Waals surface area contributed by atoms with E-state index < -0.39 is 5.60 Å². The number of aliphatic hydroxyl groups is 1. The van der Waals surface area contributed by atoms with Crippen molar-refractivity contribution in [1.29, 1.82) is 0 Å². The number of unbranched alkanes of at least 4 members (excludes halogenated alkanes) is 2. The first kappa shape index (κ1) is 12.7. The van der Waals surface area contributed by atoms with Gasteiger partial charge >= 0.3 is 0 Å². The van der Waals surface area contributed by atoms with Gasteiger partial charge < -0.3 is 5.11 Å². The average Bonchev–Trinajstić information content (AvgIpc) is 2.03. The van der Waals surface area contributed by atoms with Gasteiger partial charge in [-0.1, -0.05) is 45.3 Å². The van der Waals surface area contributed by atoms with Crippen LogP contribution >= 0.6 is 0 Å². The molecule has 0 aliphatic rings. The van der Waals surface area contributed by atoms with Crippen molar-refractivity contribution in [1.82, 2.24) is 0 Å². The second-order valence-electron chi connectivity index (χ2n) is 4.38. The topological polar surface area (TPSA) is 20.2 Å². The minimum Gasteiger partial charge on any atom is -0.390 e. The van der Waals surface area contributed by atoms with Gasteiger partial charge in [-0.25, -0.2) is 0 Å². The van der Waals surface area contributed by atoms with Gasteiger partial charge in [-0.2, -0.15) is 0 Å². The molecule has 0 spiro atoms. The fourth-order valence-corrected chi connectivity index (χ4v) is 1.48. The van der Waals surface area contributed by atoms with Crippen LogP contribution in [0.5, 0.6) is 0 Å². The van der Waals surface area contributed by atoms with Gasteiger partial charge in [-0.3, -0.25) is 0 Å². The third-order valence-corrected chi connectivity index (χ3v) is 2.96. The fraction of sp³-hybridized carbons (Fsp3) is 0.833. The minimum atomic E-state index is -0.568. The molecule has 0 aromatic heterocycles. The van der Waals surface area contributed by atoms with Crippen molar-refractivity contribution in [3.8, 4) is 0 Å². The molecule has 0 amide bonds. The Kier molecular flexibility index (Phi) is 5.31. The molecule has 1 nitrogen and oxygen atoms in total. The van der Waals surface area contributed by atoms with Gasteiger partial charge in [0.25, 0.3) is 0 Å². The molecule has 13 heavy (non-hydrogen) atoms. The highest BCUT2D eigenvalue weighted by atomic mass is 16.3. The molecule has 0 aromatic carbocycles. The van der Waals surface area contributed by atoms with Gasteiger partial charge in [-0.05, 0) is 20.3 Å². The molecule has 0 radical (unpaired) electrons. The molecular weight excluding hydrogens is 160 g/mol. The highest BCUT2D eigenvalue weighted by Crippen LogP contribution is 2.28. The predicted octanol–water partition coefficient (Wildman–Crippen LogP) is 3.53. The van der Waals surface area contributed by atoms with Crippen molar-refractivity contribution >= 4 is 0 Å². The van der Waals surface area contributed by atoms with Gasteiger partial charge in [0.05, 0.1) is 5.60 Å². The van der Waals surface area contributed by atoms with Crippen molar-refractivity contribution in [3.05, 3.63) is 12.2 Å². The first-order valence-electron chi connectivity index (χ1n) is 5.29. The maximum absolute atomic E-state index is 10.1. The Morgan fingerprint density at radius 2 is 2.00 bits per heavy atom. The van der Waals surface area contributed by atoms with Crippen molar-refractivity contribution in [2.75, 3.05) is 0 Å². The smallest absolute Gasteiger partial charge is 0.0681 e. The van der Waals surface area contributed by atoms with Gasteiger partial charge in [-0.15, -0.1) is 0 Å². The molecule has 1 heteroatoms. The predicted molar refractivity (Wildman–Crippen MR) is 58.7 cm³/mol. The molecule has 0 bridgehead atoms. The Balaban J connectivity index is 3.98. The first-order chi connectivity index (χ1) is 5.91. The second kappa shape index (κ2) is 5.43. The van der Waals surface area contributed by atoms with Gasteiger partial charge in [0.1, 0.15) is 0 Å². The SMILES string of the molecule is C=C(C)[C@@H](C)[C@@](C)(O)CCCCC. The molecule has 78 valence electrons. The van der Waals surface area contributed by atoms with Crippen molar-refractivity contribution in [3.63, 3.8) is 0 Å². The summed E-state index contributed by atoms with van der Waals surface area (Å²) in [5.74, 6) is 0.198. The lowest BCUT2D eigenvalue weighted by atomic mass is 9.82. The van der Waals surface area contributed by atoms with Crippen LogP contribution in [0.1, 0.15) is 53.4 Å². The van der Waals surface area contributed by atoms with Gasteiger partial charge in [0, 0.05) is 5.92 Å². The van der Waals surface area contributed by atoms with Gasteiger partial charge in [0.2, 0.25) is 0 Å². The molecule has 1 N–H and O–H groups in total. The Hall–Kier alpha value is -0.300. The lowest BCUT2D eigenvalue weighted by Gasteiger charge is -2.30. The molecular formula is C12H24O. The Morgan fingerprint density at radius 3 is 2.38 bits per heavy atom. The summed E-state index contributed by atoms with van der Waals surface area (Å²) in [5, 5.41) is 10.1. The molecule has 0 aromatic rings. The highest BCUT2D eigenvalue weighted by molar-refractivity contribution is 5.02. The zero-order valence-corrected chi connectivity index (χ0v) is 9.56. The van der Waals surface area contributed by atoms with E-state index in [1.165, 1.54) is 12.8 Å². The molecule has 0 rings (SSSR count). The monoisotopic (exact) mass is 184 g/mol. The molecule has 2 atom stereocenters. The fourth-order valence-electron chi connectivity index (χ4n) is 1.48. The van der Waals surface area contributed by atoms with Crippen molar-refractivity contribution < 1.29 is 5.11 Å². The number of hydrogen-bond acceptors (Lipinski definition) is 1. The first-order valence-corrected chi connectivity index (χ1v) is 5.29. The lowest BCUT2D eigenvalue weighted by Crippen LogP contribution is -2.33. The van der Waals surface area contributed by atoms with E-state index in [4.69, 9.17) is 0 Å². The summed E-state index contributed by atoms with van der Waals surface area (Å²) in [6.45, 7) is 12.0. The summed E-state index contributed by atoms with van der Waals surface area (Å²) in [5.41, 5.74) is 0.502. The quantitative estimate of drug-likeness (QED) is 0.494. The summed E-state index contributed by atoms with van der Waals surface area (Å²) in [6.07, 6.45) is 4.41. The molecule has 0 saturated heterocycles. The van der Waals surface area contributed by atoms with Crippen LogP contribution in [0.2, 0.25) is 0 Å². The zero-order chi connectivity index (χ0) is 10.5. The summed E-state index contributed by atoms with van der Waals surface area (Å²) in [4.78, 5) is 0. The highest BCUT2D eigenvalue weighted by Gasteiger charge is 2.27.